The number of rotatable bonds is 5. The number of non-ortho nitro benzene ring substituents is 1. The molecule has 0 saturated heterocycles. The Bertz CT molecular complexity index is 1180. The quantitative estimate of drug-likeness (QED) is 0.413. The molecule has 0 saturated carbocycles. The molecule has 0 atom stereocenters. The van der Waals surface area contributed by atoms with Crippen LogP contribution >= 0.6 is 11.6 Å². The molecule has 1 N–H and O–H groups in total. The van der Waals surface area contributed by atoms with Gasteiger partial charge in [-0.15, -0.1) is 0 Å². The molecule has 3 aromatic rings. The van der Waals surface area contributed by atoms with Crippen molar-refractivity contribution in [3.05, 3.63) is 74.6 Å². The van der Waals surface area contributed by atoms with Gasteiger partial charge in [0.1, 0.15) is 16.5 Å². The van der Waals surface area contributed by atoms with Crippen molar-refractivity contribution in [2.75, 3.05) is 5.32 Å². The van der Waals surface area contributed by atoms with Crippen LogP contribution in [0.15, 0.2) is 42.5 Å². The van der Waals surface area contributed by atoms with Gasteiger partial charge in [0.05, 0.1) is 16.7 Å². The fourth-order valence-electron chi connectivity index (χ4n) is 2.76. The maximum Gasteiger partial charge on any atom is 0.434 e. The molecule has 1 aromatic heterocycles. The Kier molecular flexibility index (Phi) is 5.89. The predicted octanol–water partition coefficient (Wildman–Crippen LogP) is 5.35. The van der Waals surface area contributed by atoms with E-state index < -0.39 is 39.1 Å². The first kappa shape index (κ1) is 22.1. The Balaban J connectivity index is 1.94. The fraction of sp³-hybridized carbons (Fsp3) is 0.158. The number of amides is 1. The Morgan fingerprint density at radius 3 is 2.52 bits per heavy atom. The van der Waals surface area contributed by atoms with Crippen LogP contribution in [0.4, 0.5) is 24.5 Å². The molecule has 0 bridgehead atoms. The molecule has 8 nitrogen and oxygen atoms in total. The molecule has 3 rings (SSSR count). The molecular weight excluding hydrogens is 441 g/mol. The number of hydrogen-bond donors (Lipinski definition) is 1. The number of aromatic nitrogens is 2. The van der Waals surface area contributed by atoms with Crippen LogP contribution in [0.2, 0.25) is 5.02 Å². The van der Waals surface area contributed by atoms with Crippen LogP contribution in [0.1, 0.15) is 21.7 Å². The second-order valence-corrected chi connectivity index (χ2v) is 6.80. The number of para-hydroxylation sites is 1. The molecule has 0 spiro atoms. The summed E-state index contributed by atoms with van der Waals surface area (Å²) in [4.78, 5) is 23.1. The van der Waals surface area contributed by atoms with E-state index in [9.17, 15) is 28.1 Å². The number of halogens is 4. The van der Waals surface area contributed by atoms with Gasteiger partial charge in [-0.25, -0.2) is 0 Å². The molecular formula is C19H14ClF3N4O4. The number of carbonyl (C=O) groups excluding carboxylic acids is 1. The predicted molar refractivity (Wildman–Crippen MR) is 106 cm³/mol. The van der Waals surface area contributed by atoms with Crippen molar-refractivity contribution in [2.24, 2.45) is 7.05 Å². The van der Waals surface area contributed by atoms with Gasteiger partial charge < -0.3 is 10.1 Å². The lowest BCUT2D eigenvalue weighted by Crippen LogP contribution is -2.13. The summed E-state index contributed by atoms with van der Waals surface area (Å²) in [5.74, 6) is -0.594. The van der Waals surface area contributed by atoms with E-state index in [1.807, 2.05) is 0 Å². The summed E-state index contributed by atoms with van der Waals surface area (Å²) in [6, 6.07) is 10.4. The lowest BCUT2D eigenvalue weighted by molar-refractivity contribution is -0.384. The third-order valence-electron chi connectivity index (χ3n) is 4.15. The molecule has 1 heterocycles. The number of ether oxygens (including phenoxy) is 1. The average Bonchev–Trinajstić information content (AvgIpc) is 2.98. The number of benzene rings is 2. The number of nitrogens with one attached hydrogen (secondary N) is 1. The minimum absolute atomic E-state index is 0.0434. The van der Waals surface area contributed by atoms with E-state index in [0.29, 0.717) is 10.4 Å². The van der Waals surface area contributed by atoms with Crippen LogP contribution in [-0.4, -0.2) is 20.6 Å². The summed E-state index contributed by atoms with van der Waals surface area (Å²) in [6.07, 6.45) is -4.82. The van der Waals surface area contributed by atoms with Crippen molar-refractivity contribution in [2.45, 2.75) is 13.1 Å². The van der Waals surface area contributed by atoms with Crippen LogP contribution in [0.25, 0.3) is 0 Å². The number of anilines is 1. The molecule has 31 heavy (non-hydrogen) atoms. The second kappa shape index (κ2) is 8.26. The van der Waals surface area contributed by atoms with Gasteiger partial charge >= 0.3 is 6.18 Å². The molecule has 0 aliphatic heterocycles. The maximum absolute atomic E-state index is 13.1. The van der Waals surface area contributed by atoms with Gasteiger partial charge in [-0.1, -0.05) is 29.8 Å². The zero-order chi connectivity index (χ0) is 22.9. The minimum atomic E-state index is -4.82. The highest BCUT2D eigenvalue weighted by Gasteiger charge is 2.40. The van der Waals surface area contributed by atoms with E-state index in [2.05, 4.69) is 10.4 Å². The van der Waals surface area contributed by atoms with Crippen molar-refractivity contribution >= 4 is 28.9 Å². The molecule has 0 aliphatic rings. The summed E-state index contributed by atoms with van der Waals surface area (Å²) in [7, 11) is 0.993. The normalized spacial score (nSPS) is 11.3. The number of hydrogen-bond acceptors (Lipinski definition) is 5. The molecule has 0 unspecified atom stereocenters. The highest BCUT2D eigenvalue weighted by molar-refractivity contribution is 6.34. The fourth-order valence-corrected chi connectivity index (χ4v) is 3.11. The van der Waals surface area contributed by atoms with Crippen LogP contribution in [0, 0.1) is 17.0 Å². The summed E-state index contributed by atoms with van der Waals surface area (Å²) in [5, 5.41) is 16.2. The minimum Gasteiger partial charge on any atom is -0.457 e. The first-order valence-electron chi connectivity index (χ1n) is 8.61. The SMILES string of the molecule is Cc1ccccc1Oc1cc(NC(=O)c2nn(C)c(C(F)(F)F)c2Cl)cc([N+](=O)[O-])c1. The van der Waals surface area contributed by atoms with E-state index in [-0.39, 0.29) is 11.4 Å². The van der Waals surface area contributed by atoms with Gasteiger partial charge in [-0.2, -0.15) is 18.3 Å². The van der Waals surface area contributed by atoms with Crippen LogP contribution in [0.3, 0.4) is 0 Å². The standard InChI is InChI=1S/C19H14ClF3N4O4/c1-10-5-3-4-6-14(10)31-13-8-11(7-12(9-13)27(29)30)24-18(28)16-15(20)17(19(21,22)23)26(2)25-16/h3-9H,1-2H3,(H,24,28). The van der Waals surface area contributed by atoms with Gasteiger partial charge in [-0.3, -0.25) is 19.6 Å². The maximum atomic E-state index is 13.1. The molecule has 0 radical (unpaired) electrons. The highest BCUT2D eigenvalue weighted by atomic mass is 35.5. The van der Waals surface area contributed by atoms with E-state index >= 15 is 0 Å². The number of nitro groups is 1. The van der Waals surface area contributed by atoms with Gasteiger partial charge in [0.25, 0.3) is 11.6 Å². The second-order valence-electron chi connectivity index (χ2n) is 6.43. The summed E-state index contributed by atoms with van der Waals surface area (Å²) in [6.45, 7) is 1.77. The first-order valence-corrected chi connectivity index (χ1v) is 8.99. The molecule has 0 aliphatic carbocycles. The van der Waals surface area contributed by atoms with Gasteiger partial charge in [0, 0.05) is 19.2 Å². The average molecular weight is 455 g/mol. The van der Waals surface area contributed by atoms with Crippen LogP contribution < -0.4 is 10.1 Å². The third kappa shape index (κ3) is 4.77. The van der Waals surface area contributed by atoms with Gasteiger partial charge in [0.15, 0.2) is 11.4 Å². The number of aryl methyl sites for hydroxylation is 2. The van der Waals surface area contributed by atoms with E-state index in [4.69, 9.17) is 16.3 Å². The van der Waals surface area contributed by atoms with E-state index in [1.54, 1.807) is 31.2 Å². The smallest absolute Gasteiger partial charge is 0.434 e. The highest BCUT2D eigenvalue weighted by Crippen LogP contribution is 2.36. The van der Waals surface area contributed by atoms with Crippen molar-refractivity contribution in [1.29, 1.82) is 0 Å². The van der Waals surface area contributed by atoms with Crippen molar-refractivity contribution in [3.63, 3.8) is 0 Å². The summed E-state index contributed by atoms with van der Waals surface area (Å²) >= 11 is 5.72. The first-order chi connectivity index (χ1) is 14.5. The summed E-state index contributed by atoms with van der Waals surface area (Å²) < 4.78 is 45.3. The topological polar surface area (TPSA) is 99.3 Å². The lowest BCUT2D eigenvalue weighted by atomic mass is 10.2. The molecule has 162 valence electrons. The number of nitrogens with zero attached hydrogens (tertiary/aromatic N) is 3. The monoisotopic (exact) mass is 454 g/mol. The molecule has 0 fully saturated rings. The Morgan fingerprint density at radius 1 is 1.26 bits per heavy atom. The molecule has 12 heteroatoms. The third-order valence-corrected chi connectivity index (χ3v) is 4.51. The number of alkyl halides is 3. The number of nitro benzene ring substituents is 1. The van der Waals surface area contributed by atoms with Crippen molar-refractivity contribution in [1.82, 2.24) is 9.78 Å². The zero-order valence-corrected chi connectivity index (χ0v) is 16.8. The Labute approximate surface area is 178 Å². The largest absolute Gasteiger partial charge is 0.457 e. The zero-order valence-electron chi connectivity index (χ0n) is 16.0. The molecule has 2 aromatic carbocycles. The van der Waals surface area contributed by atoms with Crippen molar-refractivity contribution < 1.29 is 27.6 Å². The number of carbonyl (C=O) groups is 1. The van der Waals surface area contributed by atoms with E-state index in [1.165, 1.54) is 6.07 Å². The van der Waals surface area contributed by atoms with Crippen molar-refractivity contribution in [3.8, 4) is 11.5 Å². The van der Waals surface area contributed by atoms with Gasteiger partial charge in [-0.05, 0) is 18.6 Å². The van der Waals surface area contributed by atoms with E-state index in [0.717, 1.165) is 24.7 Å². The van der Waals surface area contributed by atoms with Crippen LogP contribution in [0.5, 0.6) is 11.5 Å². The summed E-state index contributed by atoms with van der Waals surface area (Å²) in [5.41, 5.74) is -1.69. The lowest BCUT2D eigenvalue weighted by Gasteiger charge is -2.10. The van der Waals surface area contributed by atoms with Crippen LogP contribution in [-0.2, 0) is 13.2 Å². The van der Waals surface area contributed by atoms with Gasteiger partial charge in [0.2, 0.25) is 0 Å². The molecule has 1 amide bonds. The Hall–Kier alpha value is -3.60. The Morgan fingerprint density at radius 2 is 1.94 bits per heavy atom.